The van der Waals surface area contributed by atoms with Crippen molar-refractivity contribution >= 4 is 22.5 Å². The van der Waals surface area contributed by atoms with Crippen LogP contribution in [0.5, 0.6) is 5.75 Å². The molecule has 0 aromatic heterocycles. The number of nitrogens with zero attached hydrogens (tertiary/aromatic N) is 2. The van der Waals surface area contributed by atoms with Gasteiger partial charge in [0.1, 0.15) is 5.75 Å². The van der Waals surface area contributed by atoms with Gasteiger partial charge in [-0.05, 0) is 33.1 Å². The third-order valence-electron chi connectivity index (χ3n) is 7.07. The van der Waals surface area contributed by atoms with Gasteiger partial charge in [-0.2, -0.15) is 0 Å². The Balaban J connectivity index is 1.70. The Bertz CT molecular complexity index is 1320. The Morgan fingerprint density at radius 2 is 1.33 bits per heavy atom. The summed E-state index contributed by atoms with van der Waals surface area (Å²) in [5, 5.41) is 12.8. The van der Waals surface area contributed by atoms with Crippen molar-refractivity contribution in [1.82, 2.24) is 4.90 Å². The molecule has 1 N–H and O–H groups in total. The van der Waals surface area contributed by atoms with E-state index in [-0.39, 0.29) is 6.61 Å². The minimum Gasteiger partial charge on any atom is -0.472 e. The molecule has 4 aromatic rings. The maximum absolute atomic E-state index is 10.6. The molecule has 1 aliphatic heterocycles. The molecule has 0 saturated carbocycles. The van der Waals surface area contributed by atoms with Crippen molar-refractivity contribution in [3.05, 3.63) is 113 Å². The molecule has 4 nitrogen and oxygen atoms in total. The van der Waals surface area contributed by atoms with Crippen LogP contribution in [-0.2, 0) is 12.2 Å². The lowest BCUT2D eigenvalue weighted by Crippen LogP contribution is -2.34. The summed E-state index contributed by atoms with van der Waals surface area (Å²) in [6.07, 6.45) is 5.33. The second-order valence-electron chi connectivity index (χ2n) is 9.76. The zero-order valence-corrected chi connectivity index (χ0v) is 21.3. The minimum atomic E-state index is -0.760. The number of fused-ring (bicyclic) bond motifs is 3. The number of aliphatic hydroxyl groups is 1. The topological polar surface area (TPSA) is 35.9 Å². The van der Waals surface area contributed by atoms with Crippen molar-refractivity contribution in [3.8, 4) is 5.75 Å². The molecule has 0 amide bonds. The largest absolute Gasteiger partial charge is 0.472 e. The molecular formula is C32H34N2O2. The number of anilines is 1. The highest BCUT2D eigenvalue weighted by atomic mass is 16.5. The van der Waals surface area contributed by atoms with E-state index in [2.05, 4.69) is 116 Å². The molecule has 0 radical (unpaired) electrons. The number of rotatable bonds is 8. The van der Waals surface area contributed by atoms with Crippen LogP contribution < -0.4 is 9.64 Å². The summed E-state index contributed by atoms with van der Waals surface area (Å²) in [5.41, 5.74) is 4.31. The predicted octanol–water partition coefficient (Wildman–Crippen LogP) is 6.07. The molecule has 0 saturated heterocycles. The summed E-state index contributed by atoms with van der Waals surface area (Å²) in [6.45, 7) is 1.86. The monoisotopic (exact) mass is 478 g/mol. The van der Waals surface area contributed by atoms with Gasteiger partial charge in [-0.25, -0.2) is 0 Å². The Kier molecular flexibility index (Phi) is 6.82. The maximum Gasteiger partial charge on any atom is 0.178 e. The first-order valence-electron chi connectivity index (χ1n) is 12.6. The fourth-order valence-electron chi connectivity index (χ4n) is 5.32. The first kappa shape index (κ1) is 24.1. The molecule has 0 fully saturated rings. The average molecular weight is 479 g/mol. The molecule has 0 bridgehead atoms. The van der Waals surface area contributed by atoms with Crippen LogP contribution in [0.4, 0.5) is 5.69 Å². The van der Waals surface area contributed by atoms with Crippen LogP contribution in [0.25, 0.3) is 16.8 Å². The lowest BCUT2D eigenvalue weighted by molar-refractivity contribution is 0.163. The summed E-state index contributed by atoms with van der Waals surface area (Å²) in [4.78, 5) is 4.48. The van der Waals surface area contributed by atoms with Crippen LogP contribution in [0.15, 0.2) is 91.0 Å². The number of aliphatic hydroxyl groups excluding tert-OH is 1. The van der Waals surface area contributed by atoms with Gasteiger partial charge >= 0.3 is 0 Å². The first-order chi connectivity index (χ1) is 17.5. The fourth-order valence-corrected chi connectivity index (χ4v) is 5.32. The van der Waals surface area contributed by atoms with E-state index in [0.717, 1.165) is 64.0 Å². The lowest BCUT2D eigenvalue weighted by atomic mass is 9.82. The summed E-state index contributed by atoms with van der Waals surface area (Å²) < 4.78 is 7.07. The first-order valence-corrected chi connectivity index (χ1v) is 12.6. The van der Waals surface area contributed by atoms with Gasteiger partial charge in [0.2, 0.25) is 0 Å². The number of hydrogen-bond acceptors (Lipinski definition) is 4. The van der Waals surface area contributed by atoms with E-state index in [4.69, 9.17) is 4.74 Å². The zero-order valence-electron chi connectivity index (χ0n) is 21.3. The van der Waals surface area contributed by atoms with Crippen LogP contribution in [0.2, 0.25) is 0 Å². The van der Waals surface area contributed by atoms with E-state index >= 15 is 0 Å². The van der Waals surface area contributed by atoms with E-state index < -0.39 is 5.60 Å². The smallest absolute Gasteiger partial charge is 0.178 e. The van der Waals surface area contributed by atoms with Gasteiger partial charge in [0.25, 0.3) is 0 Å². The van der Waals surface area contributed by atoms with Crippen molar-refractivity contribution in [2.45, 2.75) is 18.6 Å². The second kappa shape index (κ2) is 10.2. The molecule has 0 aliphatic carbocycles. The average Bonchev–Trinajstić information content (AvgIpc) is 2.92. The van der Waals surface area contributed by atoms with E-state index in [1.807, 2.05) is 12.1 Å². The summed E-state index contributed by atoms with van der Waals surface area (Å²) in [5.74, 6) is 0.815. The normalized spacial score (nSPS) is 14.0. The summed E-state index contributed by atoms with van der Waals surface area (Å²) >= 11 is 0. The predicted molar refractivity (Wildman–Crippen MR) is 150 cm³/mol. The van der Waals surface area contributed by atoms with E-state index in [1.54, 1.807) is 0 Å². The van der Waals surface area contributed by atoms with Crippen molar-refractivity contribution in [2.24, 2.45) is 0 Å². The van der Waals surface area contributed by atoms with Crippen molar-refractivity contribution in [2.75, 3.05) is 39.1 Å². The van der Waals surface area contributed by atoms with Gasteiger partial charge in [0.15, 0.2) is 5.60 Å². The lowest BCUT2D eigenvalue weighted by Gasteiger charge is -2.38. The quantitative estimate of drug-likeness (QED) is 0.333. The van der Waals surface area contributed by atoms with E-state index in [1.165, 1.54) is 0 Å². The highest BCUT2D eigenvalue weighted by Crippen LogP contribution is 2.49. The second-order valence-corrected chi connectivity index (χ2v) is 9.76. The van der Waals surface area contributed by atoms with Crippen molar-refractivity contribution < 1.29 is 9.84 Å². The van der Waals surface area contributed by atoms with Gasteiger partial charge in [-0.15, -0.1) is 0 Å². The fraction of sp³-hybridized carbons (Fsp3) is 0.250. The van der Waals surface area contributed by atoms with Crippen molar-refractivity contribution in [3.63, 3.8) is 0 Å². The summed E-state index contributed by atoms with van der Waals surface area (Å²) in [6, 6.07) is 29.1. The number of benzene rings is 4. The molecule has 184 valence electrons. The molecule has 4 aromatic carbocycles. The van der Waals surface area contributed by atoms with Crippen LogP contribution >= 0.6 is 0 Å². The van der Waals surface area contributed by atoms with E-state index in [0.29, 0.717) is 0 Å². The summed E-state index contributed by atoms with van der Waals surface area (Å²) in [7, 11) is 6.32. The molecule has 4 heteroatoms. The highest BCUT2D eigenvalue weighted by molar-refractivity contribution is 6.03. The van der Waals surface area contributed by atoms with Crippen molar-refractivity contribution in [1.29, 1.82) is 0 Å². The molecule has 0 unspecified atom stereocenters. The molecule has 36 heavy (non-hydrogen) atoms. The third kappa shape index (κ3) is 4.27. The highest BCUT2D eigenvalue weighted by Gasteiger charge is 2.38. The van der Waals surface area contributed by atoms with Gasteiger partial charge < -0.3 is 19.6 Å². The molecule has 1 heterocycles. The third-order valence-corrected chi connectivity index (χ3v) is 7.07. The molecule has 0 atom stereocenters. The Hall–Kier alpha value is -3.60. The standard InChI is InChI=1S/C32H34N2O2/c1-33(2)21-12-22-34(3)30-26-17-10-11-18-27(26)31-28(29(30)23-35)19-20-32(36-31,24-13-6-4-7-14-24)25-15-8-5-9-16-25/h4-11,13-20,35H,12,21-23H2,1-3H3. The molecular weight excluding hydrogens is 444 g/mol. The SMILES string of the molecule is CN(C)CCCN(C)c1c(CO)c2c(c3ccccc13)OC(c1ccccc1)(c1ccccc1)C=C2. The Morgan fingerprint density at radius 1 is 0.750 bits per heavy atom. The van der Waals surface area contributed by atoms with Crippen LogP contribution in [0.1, 0.15) is 28.7 Å². The minimum absolute atomic E-state index is 0.0576. The zero-order chi connectivity index (χ0) is 25.1. The molecule has 0 spiro atoms. The molecule has 5 rings (SSSR count). The number of hydrogen-bond donors (Lipinski definition) is 1. The van der Waals surface area contributed by atoms with Gasteiger partial charge in [0, 0.05) is 46.6 Å². The Labute approximate surface area is 214 Å². The number of ether oxygens (including phenoxy) is 1. The van der Waals surface area contributed by atoms with E-state index in [9.17, 15) is 5.11 Å². The molecule has 1 aliphatic rings. The van der Waals surface area contributed by atoms with Crippen LogP contribution in [0.3, 0.4) is 0 Å². The maximum atomic E-state index is 10.6. The van der Waals surface area contributed by atoms with Gasteiger partial charge in [-0.1, -0.05) is 91.0 Å². The Morgan fingerprint density at radius 3 is 1.92 bits per heavy atom. The van der Waals surface area contributed by atoms with Crippen LogP contribution in [-0.4, -0.2) is 44.2 Å². The van der Waals surface area contributed by atoms with Crippen LogP contribution in [0, 0.1) is 0 Å². The van der Waals surface area contributed by atoms with Gasteiger partial charge in [0.05, 0.1) is 12.3 Å². The van der Waals surface area contributed by atoms with Gasteiger partial charge in [-0.3, -0.25) is 0 Å².